The summed E-state index contributed by atoms with van der Waals surface area (Å²) in [6.07, 6.45) is -0.516. The van der Waals surface area contributed by atoms with E-state index in [4.69, 9.17) is 0 Å². The highest BCUT2D eigenvalue weighted by Gasteiger charge is 2.30. The van der Waals surface area contributed by atoms with Gasteiger partial charge in [0.15, 0.2) is 0 Å². The number of aryl methyl sites for hydroxylation is 1. The Balaban J connectivity index is 1.62. The molecule has 0 aliphatic carbocycles. The quantitative estimate of drug-likeness (QED) is 0.657. The third-order valence-corrected chi connectivity index (χ3v) is 5.44. The molecule has 3 rings (SSSR count). The van der Waals surface area contributed by atoms with Gasteiger partial charge in [-0.15, -0.1) is 0 Å². The van der Waals surface area contributed by atoms with E-state index in [0.717, 1.165) is 38.2 Å². The molecule has 0 spiro atoms. The molecule has 2 aromatic rings. The fourth-order valence-electron chi connectivity index (χ4n) is 3.88. The molecule has 1 aromatic heterocycles. The molecule has 5 nitrogen and oxygen atoms in total. The molecule has 0 saturated carbocycles. The van der Waals surface area contributed by atoms with E-state index in [0.29, 0.717) is 29.4 Å². The van der Waals surface area contributed by atoms with Crippen LogP contribution < -0.4 is 5.32 Å². The van der Waals surface area contributed by atoms with Gasteiger partial charge in [-0.05, 0) is 63.5 Å². The first-order valence-corrected chi connectivity index (χ1v) is 10.3. The Hall–Kier alpha value is -2.50. The maximum atomic E-state index is 13.0. The average molecular weight is 417 g/mol. The second kappa shape index (κ2) is 10.0. The molecule has 0 amide bonds. The van der Waals surface area contributed by atoms with Crippen LogP contribution >= 0.6 is 0 Å². The summed E-state index contributed by atoms with van der Waals surface area (Å²) in [5.41, 5.74) is 0.576. The van der Waals surface area contributed by atoms with E-state index in [2.05, 4.69) is 27.1 Å². The van der Waals surface area contributed by atoms with Gasteiger partial charge >= 0.3 is 6.18 Å². The molecule has 1 aliphatic rings. The minimum atomic E-state index is -4.43. The molecule has 1 atom stereocenters. The van der Waals surface area contributed by atoms with E-state index in [9.17, 15) is 18.4 Å². The van der Waals surface area contributed by atoms with E-state index in [1.807, 2.05) is 6.07 Å². The lowest BCUT2D eigenvalue weighted by molar-refractivity contribution is -0.137. The number of aromatic nitrogens is 2. The monoisotopic (exact) mass is 417 g/mol. The number of nitrogens with zero attached hydrogens (tertiary/aromatic N) is 4. The van der Waals surface area contributed by atoms with Gasteiger partial charge in [0, 0.05) is 23.8 Å². The molecule has 30 heavy (non-hydrogen) atoms. The Bertz CT molecular complexity index is 891. The third-order valence-electron chi connectivity index (χ3n) is 5.44. The summed E-state index contributed by atoms with van der Waals surface area (Å²) in [5, 5.41) is 12.7. The molecular weight excluding hydrogens is 391 g/mol. The number of nitrogens with one attached hydrogen (secondary N) is 1. The average Bonchev–Trinajstić information content (AvgIpc) is 3.20. The number of nitriles is 1. The lowest BCUT2D eigenvalue weighted by atomic mass is 10.1. The number of hydrogen-bond donors (Lipinski definition) is 1. The highest BCUT2D eigenvalue weighted by molar-refractivity contribution is 5.61. The van der Waals surface area contributed by atoms with Crippen LogP contribution in [0.2, 0.25) is 0 Å². The molecular formula is C22H26F3N5. The predicted octanol–water partition coefficient (Wildman–Crippen LogP) is 4.04. The molecule has 0 bridgehead atoms. The van der Waals surface area contributed by atoms with Crippen molar-refractivity contribution < 1.29 is 13.2 Å². The fraction of sp³-hybridized carbons (Fsp3) is 0.500. The summed E-state index contributed by atoms with van der Waals surface area (Å²) >= 11 is 0. The topological polar surface area (TPSA) is 64.8 Å². The number of halogens is 3. The molecule has 1 unspecified atom stereocenters. The number of benzene rings is 1. The Labute approximate surface area is 175 Å². The number of rotatable bonds is 8. The van der Waals surface area contributed by atoms with Crippen LogP contribution in [0.4, 0.5) is 13.2 Å². The van der Waals surface area contributed by atoms with Gasteiger partial charge in [-0.25, -0.2) is 9.97 Å². The van der Waals surface area contributed by atoms with Crippen molar-refractivity contribution in [3.05, 3.63) is 47.4 Å². The van der Waals surface area contributed by atoms with E-state index in [1.54, 1.807) is 12.1 Å². The second-order valence-corrected chi connectivity index (χ2v) is 7.49. The zero-order chi connectivity index (χ0) is 21.6. The van der Waals surface area contributed by atoms with Crippen LogP contribution in [0, 0.1) is 11.3 Å². The van der Waals surface area contributed by atoms with Gasteiger partial charge in [-0.2, -0.15) is 18.4 Å². The molecule has 1 aliphatic heterocycles. The summed E-state index contributed by atoms with van der Waals surface area (Å²) in [6.45, 7) is 6.19. The van der Waals surface area contributed by atoms with E-state index >= 15 is 0 Å². The summed E-state index contributed by atoms with van der Waals surface area (Å²) in [4.78, 5) is 10.8. The zero-order valence-electron chi connectivity index (χ0n) is 17.0. The van der Waals surface area contributed by atoms with Gasteiger partial charge in [0.05, 0.1) is 11.3 Å². The highest BCUT2D eigenvalue weighted by Crippen LogP contribution is 2.31. The third kappa shape index (κ3) is 5.77. The van der Waals surface area contributed by atoms with Crippen LogP contribution in [0.1, 0.15) is 43.3 Å². The number of likely N-dealkylation sites (tertiary alicyclic amines) is 1. The molecule has 160 valence electrons. The van der Waals surface area contributed by atoms with Gasteiger partial charge in [0.1, 0.15) is 6.07 Å². The normalized spacial score (nSPS) is 17.2. The first kappa shape index (κ1) is 22.2. The lowest BCUT2D eigenvalue weighted by Crippen LogP contribution is -2.38. The van der Waals surface area contributed by atoms with Gasteiger partial charge in [0.25, 0.3) is 0 Å². The second-order valence-electron chi connectivity index (χ2n) is 7.49. The summed E-state index contributed by atoms with van der Waals surface area (Å²) in [7, 11) is 0. The van der Waals surface area contributed by atoms with Crippen LogP contribution in [0.5, 0.6) is 0 Å². The van der Waals surface area contributed by atoms with Crippen molar-refractivity contribution in [1.82, 2.24) is 20.2 Å². The summed E-state index contributed by atoms with van der Waals surface area (Å²) in [6, 6.07) is 9.15. The van der Waals surface area contributed by atoms with Crippen LogP contribution in [0.15, 0.2) is 30.3 Å². The van der Waals surface area contributed by atoms with Crippen molar-refractivity contribution in [3.8, 4) is 17.3 Å². The van der Waals surface area contributed by atoms with Crippen molar-refractivity contribution in [1.29, 1.82) is 5.26 Å². The number of hydrogen-bond acceptors (Lipinski definition) is 5. The smallest absolute Gasteiger partial charge is 0.315 e. The number of likely N-dealkylation sites (N-methyl/N-ethyl adjacent to an activating group) is 1. The molecule has 0 radical (unpaired) electrons. The molecule has 1 aromatic carbocycles. The maximum absolute atomic E-state index is 13.0. The van der Waals surface area contributed by atoms with Gasteiger partial charge < -0.3 is 5.32 Å². The lowest BCUT2D eigenvalue weighted by Gasteiger charge is -2.22. The van der Waals surface area contributed by atoms with E-state index in [-0.39, 0.29) is 5.82 Å². The van der Waals surface area contributed by atoms with Crippen molar-refractivity contribution >= 4 is 0 Å². The summed E-state index contributed by atoms with van der Waals surface area (Å²) in [5.74, 6) is -0.0302. The number of alkyl halides is 3. The van der Waals surface area contributed by atoms with Crippen molar-refractivity contribution in [2.45, 2.75) is 44.8 Å². The van der Waals surface area contributed by atoms with Crippen LogP contribution in [0.3, 0.4) is 0 Å². The Morgan fingerprint density at radius 1 is 1.27 bits per heavy atom. The summed E-state index contributed by atoms with van der Waals surface area (Å²) < 4.78 is 39.0. The fourth-order valence-corrected chi connectivity index (χ4v) is 3.88. The molecule has 1 N–H and O–H groups in total. The Morgan fingerprint density at radius 2 is 2.10 bits per heavy atom. The van der Waals surface area contributed by atoms with Crippen molar-refractivity contribution in [3.63, 3.8) is 0 Å². The van der Waals surface area contributed by atoms with Gasteiger partial charge in [0.2, 0.25) is 5.82 Å². The Morgan fingerprint density at radius 3 is 2.83 bits per heavy atom. The molecule has 1 fully saturated rings. The predicted molar refractivity (Wildman–Crippen MR) is 109 cm³/mol. The first-order chi connectivity index (χ1) is 14.4. The minimum absolute atomic E-state index is 0.0302. The SMILES string of the molecule is CCN1CCCC1CNCCCc1cc(-c2cccc(C(F)(F)F)c2)nc(C#N)n1. The first-order valence-electron chi connectivity index (χ1n) is 10.3. The van der Waals surface area contributed by atoms with Crippen LogP contribution in [-0.2, 0) is 12.6 Å². The minimum Gasteiger partial charge on any atom is -0.315 e. The van der Waals surface area contributed by atoms with Crippen molar-refractivity contribution in [2.24, 2.45) is 0 Å². The largest absolute Gasteiger partial charge is 0.416 e. The van der Waals surface area contributed by atoms with Crippen LogP contribution in [-0.4, -0.2) is 47.1 Å². The zero-order valence-corrected chi connectivity index (χ0v) is 17.0. The Kier molecular flexibility index (Phi) is 7.40. The highest BCUT2D eigenvalue weighted by atomic mass is 19.4. The van der Waals surface area contributed by atoms with Crippen molar-refractivity contribution in [2.75, 3.05) is 26.2 Å². The molecule has 2 heterocycles. The standard InChI is InChI=1S/C22H26F3N5/c1-2-30-11-5-9-19(30)15-27-10-4-8-18-13-20(29-21(14-26)28-18)16-6-3-7-17(12-16)22(23,24)25/h3,6-7,12-13,19,27H,2,4-5,8-11,15H2,1H3. The van der Waals surface area contributed by atoms with Gasteiger partial charge in [-0.3, -0.25) is 4.90 Å². The van der Waals surface area contributed by atoms with E-state index in [1.165, 1.54) is 25.5 Å². The molecule has 1 saturated heterocycles. The van der Waals surface area contributed by atoms with Gasteiger partial charge in [-0.1, -0.05) is 19.1 Å². The van der Waals surface area contributed by atoms with Crippen LogP contribution in [0.25, 0.3) is 11.3 Å². The molecule has 8 heteroatoms. The van der Waals surface area contributed by atoms with E-state index < -0.39 is 11.7 Å². The maximum Gasteiger partial charge on any atom is 0.416 e.